The van der Waals surface area contributed by atoms with E-state index in [2.05, 4.69) is 46.8 Å². The summed E-state index contributed by atoms with van der Waals surface area (Å²) >= 11 is 0. The number of carbonyl (C=O) groups excluding carboxylic acids is 1. The molecule has 1 aliphatic heterocycles. The average Bonchev–Trinajstić information content (AvgIpc) is 3.40. The second-order valence-electron chi connectivity index (χ2n) is 9.11. The summed E-state index contributed by atoms with van der Waals surface area (Å²) in [5, 5.41) is 7.02. The van der Waals surface area contributed by atoms with Crippen molar-refractivity contribution in [3.8, 4) is 0 Å². The fraction of sp³-hybridized carbons (Fsp3) is 0.680. The summed E-state index contributed by atoms with van der Waals surface area (Å²) in [7, 11) is 1.82. The molecule has 0 aromatic heterocycles. The lowest BCUT2D eigenvalue weighted by molar-refractivity contribution is -0.127. The van der Waals surface area contributed by atoms with Gasteiger partial charge in [0, 0.05) is 58.8 Å². The van der Waals surface area contributed by atoms with Gasteiger partial charge in [0.25, 0.3) is 0 Å². The van der Waals surface area contributed by atoms with E-state index in [9.17, 15) is 4.79 Å². The van der Waals surface area contributed by atoms with Gasteiger partial charge < -0.3 is 20.3 Å². The standard InChI is InChI=1S/C25H40N4O2.HI/c1-3-31-16-14-25(12-7-8-13-25)20-28-24(26-2)27-18-22-17-23(30)29(19-22)15-11-21-9-5-4-6-10-21;/h4-6,9-10,22H,3,7-8,11-20H2,1-2H3,(H2,26,27,28);1H. The van der Waals surface area contributed by atoms with Crippen LogP contribution in [0.1, 0.15) is 51.0 Å². The van der Waals surface area contributed by atoms with Gasteiger partial charge in [0.1, 0.15) is 0 Å². The number of nitrogens with zero attached hydrogens (tertiary/aromatic N) is 2. The Morgan fingerprint density at radius 1 is 1.22 bits per heavy atom. The molecular formula is C25H41IN4O2. The van der Waals surface area contributed by atoms with E-state index in [1.54, 1.807) is 0 Å². The third-order valence-corrected chi connectivity index (χ3v) is 6.87. The topological polar surface area (TPSA) is 66.0 Å². The fourth-order valence-electron chi connectivity index (χ4n) is 4.92. The van der Waals surface area contributed by atoms with Gasteiger partial charge in [-0.05, 0) is 43.6 Å². The van der Waals surface area contributed by atoms with Crippen LogP contribution in [-0.4, -0.2) is 63.2 Å². The first-order chi connectivity index (χ1) is 15.1. The molecule has 1 saturated heterocycles. The van der Waals surface area contributed by atoms with Crippen molar-refractivity contribution in [2.75, 3.05) is 46.4 Å². The summed E-state index contributed by atoms with van der Waals surface area (Å²) in [5.41, 5.74) is 1.61. The Labute approximate surface area is 211 Å². The van der Waals surface area contributed by atoms with Crippen molar-refractivity contribution in [3.63, 3.8) is 0 Å². The van der Waals surface area contributed by atoms with Crippen molar-refractivity contribution in [1.82, 2.24) is 15.5 Å². The molecule has 2 N–H and O–H groups in total. The van der Waals surface area contributed by atoms with Crippen LogP contribution >= 0.6 is 24.0 Å². The minimum atomic E-state index is 0. The number of likely N-dealkylation sites (tertiary alicyclic amines) is 1. The largest absolute Gasteiger partial charge is 0.382 e. The molecule has 1 atom stereocenters. The van der Waals surface area contributed by atoms with Crippen molar-refractivity contribution in [2.24, 2.45) is 16.3 Å². The van der Waals surface area contributed by atoms with E-state index in [0.717, 1.165) is 58.2 Å². The van der Waals surface area contributed by atoms with Crippen LogP contribution in [0.3, 0.4) is 0 Å². The van der Waals surface area contributed by atoms with Gasteiger partial charge in [0.2, 0.25) is 5.91 Å². The summed E-state index contributed by atoms with van der Waals surface area (Å²) in [6, 6.07) is 10.4. The van der Waals surface area contributed by atoms with Crippen LogP contribution in [0.15, 0.2) is 35.3 Å². The maximum absolute atomic E-state index is 12.4. The van der Waals surface area contributed by atoms with Crippen LogP contribution in [0.2, 0.25) is 0 Å². The molecule has 6 nitrogen and oxygen atoms in total. The molecular weight excluding hydrogens is 515 g/mol. The lowest BCUT2D eigenvalue weighted by Gasteiger charge is -2.30. The highest BCUT2D eigenvalue weighted by molar-refractivity contribution is 14.0. The van der Waals surface area contributed by atoms with Gasteiger partial charge in [-0.2, -0.15) is 0 Å². The monoisotopic (exact) mass is 556 g/mol. The second kappa shape index (κ2) is 14.0. The number of ether oxygens (including phenoxy) is 1. The van der Waals surface area contributed by atoms with E-state index >= 15 is 0 Å². The normalized spacial score (nSPS) is 20.3. The van der Waals surface area contributed by atoms with Crippen LogP contribution in [0.5, 0.6) is 0 Å². The van der Waals surface area contributed by atoms with Gasteiger partial charge in [-0.3, -0.25) is 9.79 Å². The summed E-state index contributed by atoms with van der Waals surface area (Å²) in [5.74, 6) is 1.45. The highest BCUT2D eigenvalue weighted by atomic mass is 127. The molecule has 3 rings (SSSR count). The SMILES string of the molecule is CCOCCC1(CNC(=NC)NCC2CC(=O)N(CCc3ccccc3)C2)CCCC1.I. The number of rotatable bonds is 11. The van der Waals surface area contributed by atoms with Crippen LogP contribution in [-0.2, 0) is 16.0 Å². The predicted molar refractivity (Wildman–Crippen MR) is 142 cm³/mol. The maximum Gasteiger partial charge on any atom is 0.223 e. The second-order valence-corrected chi connectivity index (χ2v) is 9.11. The van der Waals surface area contributed by atoms with E-state index in [4.69, 9.17) is 4.74 Å². The van der Waals surface area contributed by atoms with Gasteiger partial charge in [0.15, 0.2) is 5.96 Å². The van der Waals surface area contributed by atoms with Crippen LogP contribution in [0.25, 0.3) is 0 Å². The van der Waals surface area contributed by atoms with E-state index in [-0.39, 0.29) is 29.9 Å². The number of hydrogen-bond acceptors (Lipinski definition) is 3. The number of guanidine groups is 1. The zero-order valence-electron chi connectivity index (χ0n) is 19.8. The van der Waals surface area contributed by atoms with Gasteiger partial charge in [-0.25, -0.2) is 0 Å². The summed E-state index contributed by atoms with van der Waals surface area (Å²) in [4.78, 5) is 18.9. The Balaban J connectivity index is 0.00000363. The van der Waals surface area contributed by atoms with Crippen molar-refractivity contribution in [1.29, 1.82) is 0 Å². The molecule has 180 valence electrons. The zero-order valence-corrected chi connectivity index (χ0v) is 22.1. The molecule has 1 aromatic carbocycles. The molecule has 1 amide bonds. The van der Waals surface area contributed by atoms with Crippen LogP contribution < -0.4 is 10.6 Å². The van der Waals surface area contributed by atoms with Crippen LogP contribution in [0.4, 0.5) is 0 Å². The first-order valence-electron chi connectivity index (χ1n) is 12.0. The highest BCUT2D eigenvalue weighted by Gasteiger charge is 2.34. The highest BCUT2D eigenvalue weighted by Crippen LogP contribution is 2.40. The average molecular weight is 557 g/mol. The molecule has 1 aliphatic carbocycles. The molecule has 0 radical (unpaired) electrons. The Hall–Kier alpha value is -1.35. The van der Waals surface area contributed by atoms with Crippen LogP contribution in [0, 0.1) is 11.3 Å². The third-order valence-electron chi connectivity index (χ3n) is 6.87. The van der Waals surface area contributed by atoms with E-state index < -0.39 is 0 Å². The molecule has 1 heterocycles. The van der Waals surface area contributed by atoms with Gasteiger partial charge in [-0.15, -0.1) is 24.0 Å². The van der Waals surface area contributed by atoms with E-state index in [0.29, 0.717) is 17.8 Å². The molecule has 1 aromatic rings. The minimum absolute atomic E-state index is 0. The number of amides is 1. The number of hydrogen-bond donors (Lipinski definition) is 2. The Bertz CT molecular complexity index is 707. The molecule has 0 spiro atoms. The summed E-state index contributed by atoms with van der Waals surface area (Å²) < 4.78 is 5.63. The van der Waals surface area contributed by atoms with Crippen molar-refractivity contribution in [3.05, 3.63) is 35.9 Å². The molecule has 32 heavy (non-hydrogen) atoms. The molecule has 7 heteroatoms. The van der Waals surface area contributed by atoms with E-state index in [1.807, 2.05) is 18.0 Å². The Kier molecular flexibility index (Phi) is 11.8. The molecule has 1 unspecified atom stereocenters. The quantitative estimate of drug-likeness (QED) is 0.188. The Morgan fingerprint density at radius 2 is 1.97 bits per heavy atom. The van der Waals surface area contributed by atoms with Gasteiger partial charge in [-0.1, -0.05) is 43.2 Å². The van der Waals surface area contributed by atoms with E-state index in [1.165, 1.54) is 31.2 Å². The lowest BCUT2D eigenvalue weighted by atomic mass is 9.83. The van der Waals surface area contributed by atoms with Crippen molar-refractivity contribution < 1.29 is 9.53 Å². The molecule has 2 fully saturated rings. The summed E-state index contributed by atoms with van der Waals surface area (Å²) in [6.45, 7) is 7.03. The summed E-state index contributed by atoms with van der Waals surface area (Å²) in [6.07, 6.45) is 7.79. The van der Waals surface area contributed by atoms with Gasteiger partial charge >= 0.3 is 0 Å². The number of nitrogens with one attached hydrogen (secondary N) is 2. The lowest BCUT2D eigenvalue weighted by Crippen LogP contribution is -2.45. The maximum atomic E-state index is 12.4. The Morgan fingerprint density at radius 3 is 2.66 bits per heavy atom. The van der Waals surface area contributed by atoms with Crippen molar-refractivity contribution >= 4 is 35.8 Å². The number of aliphatic imine (C=N–C) groups is 1. The smallest absolute Gasteiger partial charge is 0.223 e. The van der Waals surface area contributed by atoms with Gasteiger partial charge in [0.05, 0.1) is 0 Å². The first-order valence-corrected chi connectivity index (χ1v) is 12.0. The fourth-order valence-corrected chi connectivity index (χ4v) is 4.92. The zero-order chi connectivity index (χ0) is 21.9. The first kappa shape index (κ1) is 26.9. The molecule has 1 saturated carbocycles. The molecule has 0 bridgehead atoms. The minimum Gasteiger partial charge on any atom is -0.382 e. The predicted octanol–water partition coefficient (Wildman–Crippen LogP) is 3.85. The van der Waals surface area contributed by atoms with Crippen molar-refractivity contribution in [2.45, 2.75) is 51.9 Å². The third kappa shape index (κ3) is 8.21. The number of benzene rings is 1. The number of halogens is 1. The molecule has 2 aliphatic rings. The number of carbonyl (C=O) groups is 1.